The van der Waals surface area contributed by atoms with Gasteiger partial charge in [0, 0.05) is 31.0 Å². The fourth-order valence-electron chi connectivity index (χ4n) is 2.61. The number of nitrogens with zero attached hydrogens (tertiary/aromatic N) is 3. The van der Waals surface area contributed by atoms with Crippen LogP contribution in [0, 0.1) is 6.92 Å². The SMILES string of the molecule is Cc1cnc(N2CCC(NC(=O)OC(C)(C)C)CC2C)nc1. The van der Waals surface area contributed by atoms with Gasteiger partial charge in [0.2, 0.25) is 5.95 Å². The summed E-state index contributed by atoms with van der Waals surface area (Å²) < 4.78 is 5.31. The molecule has 2 unspecified atom stereocenters. The highest BCUT2D eigenvalue weighted by atomic mass is 16.6. The van der Waals surface area contributed by atoms with Gasteiger partial charge in [0.25, 0.3) is 0 Å². The molecular formula is C16H26N4O2. The highest BCUT2D eigenvalue weighted by Crippen LogP contribution is 2.22. The second kappa shape index (κ2) is 6.50. The third-order valence-electron chi connectivity index (χ3n) is 3.62. The second-order valence-corrected chi connectivity index (χ2v) is 6.97. The molecule has 2 atom stereocenters. The molecule has 2 heterocycles. The van der Waals surface area contributed by atoms with Gasteiger partial charge in [-0.2, -0.15) is 0 Å². The van der Waals surface area contributed by atoms with Crippen LogP contribution in [-0.4, -0.2) is 40.3 Å². The van der Waals surface area contributed by atoms with Crippen molar-refractivity contribution in [1.29, 1.82) is 0 Å². The number of amides is 1. The average Bonchev–Trinajstić information content (AvgIpc) is 2.38. The molecule has 2 rings (SSSR count). The van der Waals surface area contributed by atoms with E-state index in [-0.39, 0.29) is 18.2 Å². The van der Waals surface area contributed by atoms with Crippen LogP contribution in [0.3, 0.4) is 0 Å². The monoisotopic (exact) mass is 306 g/mol. The maximum absolute atomic E-state index is 11.9. The van der Waals surface area contributed by atoms with Crippen LogP contribution < -0.4 is 10.2 Å². The minimum absolute atomic E-state index is 0.131. The van der Waals surface area contributed by atoms with Gasteiger partial charge in [-0.3, -0.25) is 0 Å². The number of piperidine rings is 1. The van der Waals surface area contributed by atoms with E-state index in [4.69, 9.17) is 4.74 Å². The first-order chi connectivity index (χ1) is 10.2. The Labute approximate surface area is 132 Å². The van der Waals surface area contributed by atoms with Gasteiger partial charge in [-0.15, -0.1) is 0 Å². The Kier molecular flexibility index (Phi) is 4.88. The fourth-order valence-corrected chi connectivity index (χ4v) is 2.61. The Hall–Kier alpha value is -1.85. The quantitative estimate of drug-likeness (QED) is 0.910. The molecule has 22 heavy (non-hydrogen) atoms. The lowest BCUT2D eigenvalue weighted by atomic mass is 9.99. The number of ether oxygens (including phenoxy) is 1. The Morgan fingerprint density at radius 2 is 2.00 bits per heavy atom. The van der Waals surface area contributed by atoms with Crippen molar-refractivity contribution >= 4 is 12.0 Å². The number of rotatable bonds is 2. The van der Waals surface area contributed by atoms with E-state index in [0.717, 1.165) is 30.9 Å². The molecule has 1 N–H and O–H groups in total. The van der Waals surface area contributed by atoms with Gasteiger partial charge in [0.1, 0.15) is 5.60 Å². The summed E-state index contributed by atoms with van der Waals surface area (Å²) in [7, 11) is 0. The van der Waals surface area contributed by atoms with Gasteiger partial charge in [0.15, 0.2) is 0 Å². The molecule has 1 amide bonds. The molecule has 0 radical (unpaired) electrons. The smallest absolute Gasteiger partial charge is 0.407 e. The molecule has 0 aliphatic carbocycles. The number of hydrogen-bond acceptors (Lipinski definition) is 5. The van der Waals surface area contributed by atoms with E-state index in [1.807, 2.05) is 40.1 Å². The molecule has 6 heteroatoms. The molecule has 6 nitrogen and oxygen atoms in total. The first-order valence-electron chi connectivity index (χ1n) is 7.79. The summed E-state index contributed by atoms with van der Waals surface area (Å²) in [5.74, 6) is 0.758. The van der Waals surface area contributed by atoms with E-state index in [9.17, 15) is 4.79 Å². The maximum Gasteiger partial charge on any atom is 0.407 e. The van der Waals surface area contributed by atoms with E-state index < -0.39 is 5.60 Å². The zero-order valence-electron chi connectivity index (χ0n) is 14.1. The van der Waals surface area contributed by atoms with Crippen molar-refractivity contribution in [1.82, 2.24) is 15.3 Å². The normalized spacial score (nSPS) is 22.3. The third-order valence-corrected chi connectivity index (χ3v) is 3.62. The van der Waals surface area contributed by atoms with E-state index >= 15 is 0 Å². The topological polar surface area (TPSA) is 67.4 Å². The van der Waals surface area contributed by atoms with Crippen LogP contribution in [0.2, 0.25) is 0 Å². The van der Waals surface area contributed by atoms with Gasteiger partial charge in [-0.1, -0.05) is 0 Å². The van der Waals surface area contributed by atoms with Crippen LogP contribution >= 0.6 is 0 Å². The molecule has 1 aliphatic rings. The highest BCUT2D eigenvalue weighted by molar-refractivity contribution is 5.68. The number of nitrogens with one attached hydrogen (secondary N) is 1. The Morgan fingerprint density at radius 3 is 2.55 bits per heavy atom. The number of alkyl carbamates (subject to hydrolysis) is 1. The first kappa shape index (κ1) is 16.5. The van der Waals surface area contributed by atoms with Crippen LogP contribution in [-0.2, 0) is 4.74 Å². The molecule has 0 saturated carbocycles. The summed E-state index contributed by atoms with van der Waals surface area (Å²) in [6.07, 6.45) is 5.04. The third kappa shape index (κ3) is 4.58. The van der Waals surface area contributed by atoms with Crippen LogP contribution in [0.15, 0.2) is 12.4 Å². The van der Waals surface area contributed by atoms with Crippen LogP contribution in [0.25, 0.3) is 0 Å². The number of carbonyl (C=O) groups is 1. The number of hydrogen-bond donors (Lipinski definition) is 1. The molecule has 1 aliphatic heterocycles. The summed E-state index contributed by atoms with van der Waals surface area (Å²) in [5, 5.41) is 2.96. The van der Waals surface area contributed by atoms with Crippen molar-refractivity contribution in [2.75, 3.05) is 11.4 Å². The summed E-state index contributed by atoms with van der Waals surface area (Å²) in [6.45, 7) is 10.5. The number of aromatic nitrogens is 2. The zero-order chi connectivity index (χ0) is 16.3. The van der Waals surface area contributed by atoms with E-state index in [2.05, 4.69) is 27.1 Å². The summed E-state index contributed by atoms with van der Waals surface area (Å²) >= 11 is 0. The first-order valence-corrected chi connectivity index (χ1v) is 7.79. The fraction of sp³-hybridized carbons (Fsp3) is 0.688. The summed E-state index contributed by atoms with van der Waals surface area (Å²) in [4.78, 5) is 22.8. The molecule has 1 aromatic rings. The largest absolute Gasteiger partial charge is 0.444 e. The van der Waals surface area contributed by atoms with E-state index in [1.165, 1.54) is 0 Å². The van der Waals surface area contributed by atoms with Gasteiger partial charge < -0.3 is 15.0 Å². The van der Waals surface area contributed by atoms with Crippen LogP contribution in [0.4, 0.5) is 10.7 Å². The van der Waals surface area contributed by atoms with Crippen molar-refractivity contribution in [2.45, 2.75) is 65.1 Å². The van der Waals surface area contributed by atoms with E-state index in [1.54, 1.807) is 0 Å². The van der Waals surface area contributed by atoms with Crippen molar-refractivity contribution in [2.24, 2.45) is 0 Å². The summed E-state index contributed by atoms with van der Waals surface area (Å²) in [5.41, 5.74) is 0.587. The minimum atomic E-state index is -0.466. The van der Waals surface area contributed by atoms with Crippen molar-refractivity contribution < 1.29 is 9.53 Å². The predicted molar refractivity (Wildman–Crippen MR) is 86.0 cm³/mol. The van der Waals surface area contributed by atoms with E-state index in [0.29, 0.717) is 0 Å². The molecule has 1 saturated heterocycles. The van der Waals surface area contributed by atoms with Crippen LogP contribution in [0.5, 0.6) is 0 Å². The molecule has 0 aromatic carbocycles. The predicted octanol–water partition coefficient (Wildman–Crippen LogP) is 2.67. The molecule has 1 fully saturated rings. The van der Waals surface area contributed by atoms with Gasteiger partial charge in [-0.05, 0) is 53.0 Å². The minimum Gasteiger partial charge on any atom is -0.444 e. The molecule has 0 bridgehead atoms. The van der Waals surface area contributed by atoms with Crippen molar-refractivity contribution in [3.05, 3.63) is 18.0 Å². The Bertz CT molecular complexity index is 510. The average molecular weight is 306 g/mol. The Morgan fingerprint density at radius 1 is 1.36 bits per heavy atom. The maximum atomic E-state index is 11.9. The van der Waals surface area contributed by atoms with Crippen molar-refractivity contribution in [3.8, 4) is 0 Å². The highest BCUT2D eigenvalue weighted by Gasteiger charge is 2.29. The Balaban J connectivity index is 1.90. The lowest BCUT2D eigenvalue weighted by Gasteiger charge is -2.38. The standard InChI is InChI=1S/C16H26N4O2/c1-11-9-17-14(18-10-11)20-7-6-13(8-12(20)2)19-15(21)22-16(3,4)5/h9-10,12-13H,6-8H2,1-5H3,(H,19,21). The zero-order valence-corrected chi connectivity index (χ0v) is 14.1. The molecule has 122 valence electrons. The summed E-state index contributed by atoms with van der Waals surface area (Å²) in [6, 6.07) is 0.406. The van der Waals surface area contributed by atoms with Crippen LogP contribution in [0.1, 0.15) is 46.1 Å². The van der Waals surface area contributed by atoms with Crippen molar-refractivity contribution in [3.63, 3.8) is 0 Å². The lowest BCUT2D eigenvalue weighted by molar-refractivity contribution is 0.0494. The molecule has 0 spiro atoms. The lowest BCUT2D eigenvalue weighted by Crippen LogP contribution is -2.50. The second-order valence-electron chi connectivity index (χ2n) is 6.97. The van der Waals surface area contributed by atoms with Gasteiger partial charge in [-0.25, -0.2) is 14.8 Å². The molecular weight excluding hydrogens is 280 g/mol. The molecule has 1 aromatic heterocycles. The van der Waals surface area contributed by atoms with Gasteiger partial charge in [0.05, 0.1) is 0 Å². The van der Waals surface area contributed by atoms with Gasteiger partial charge >= 0.3 is 6.09 Å². The number of anilines is 1. The number of aryl methyl sites for hydroxylation is 1. The number of carbonyl (C=O) groups excluding carboxylic acids is 1.